The Balaban J connectivity index is 2.54. The third kappa shape index (κ3) is 2.70. The van der Waals surface area contributed by atoms with Crippen molar-refractivity contribution in [3.63, 3.8) is 0 Å². The summed E-state index contributed by atoms with van der Waals surface area (Å²) in [7, 11) is 0. The fraction of sp³-hybridized carbons (Fsp3) is 0.583. The first-order chi connectivity index (χ1) is 8.41. The summed E-state index contributed by atoms with van der Waals surface area (Å²) in [6, 6.07) is 0. The minimum Gasteiger partial charge on any atom is -0.408 e. The number of aromatic amines is 1. The molecule has 98 valence electrons. The van der Waals surface area contributed by atoms with Crippen LogP contribution < -0.4 is 0 Å². The Hall–Kier alpha value is -1.01. The SMILES string of the molecule is CCCc1nc(C(C)(C)C)c(-c2n[nH]c(=S)o2)s1. The Labute approximate surface area is 115 Å². The van der Waals surface area contributed by atoms with E-state index in [4.69, 9.17) is 21.6 Å². The first-order valence-electron chi connectivity index (χ1n) is 5.98. The molecule has 0 atom stereocenters. The molecule has 2 rings (SSSR count). The lowest BCUT2D eigenvalue weighted by Gasteiger charge is -2.16. The van der Waals surface area contributed by atoms with E-state index in [2.05, 4.69) is 37.9 Å². The Morgan fingerprint density at radius 3 is 2.61 bits per heavy atom. The number of hydrogen-bond donors (Lipinski definition) is 1. The second-order valence-corrected chi connectivity index (χ2v) is 6.66. The summed E-state index contributed by atoms with van der Waals surface area (Å²) >= 11 is 6.57. The molecule has 2 aromatic rings. The summed E-state index contributed by atoms with van der Waals surface area (Å²) in [6.07, 6.45) is 2.07. The van der Waals surface area contributed by atoms with Crippen molar-refractivity contribution in [3.8, 4) is 10.8 Å². The third-order valence-electron chi connectivity index (χ3n) is 2.48. The van der Waals surface area contributed by atoms with Gasteiger partial charge in [-0.1, -0.05) is 27.7 Å². The van der Waals surface area contributed by atoms with Crippen molar-refractivity contribution in [2.75, 3.05) is 0 Å². The molecule has 0 fully saturated rings. The molecule has 0 unspecified atom stereocenters. The number of thiazole rings is 1. The standard InChI is InChI=1S/C12H17N3OS2/c1-5-6-7-13-9(12(2,3)4)8(18-7)10-14-15-11(17)16-10/h5-6H2,1-4H3,(H,15,17). The zero-order valence-corrected chi connectivity index (χ0v) is 12.7. The summed E-state index contributed by atoms with van der Waals surface area (Å²) in [4.78, 5) is 6.01. The normalized spacial score (nSPS) is 12.0. The first kappa shape index (κ1) is 13.4. The van der Waals surface area contributed by atoms with Gasteiger partial charge in [-0.3, -0.25) is 0 Å². The molecule has 0 radical (unpaired) electrons. The van der Waals surface area contributed by atoms with Crippen molar-refractivity contribution in [1.29, 1.82) is 0 Å². The van der Waals surface area contributed by atoms with Gasteiger partial charge in [-0.15, -0.1) is 16.4 Å². The van der Waals surface area contributed by atoms with Gasteiger partial charge in [-0.25, -0.2) is 10.1 Å². The van der Waals surface area contributed by atoms with Gasteiger partial charge in [0.15, 0.2) is 0 Å². The topological polar surface area (TPSA) is 54.7 Å². The molecule has 0 bridgehead atoms. The molecular weight excluding hydrogens is 266 g/mol. The van der Waals surface area contributed by atoms with Crippen LogP contribution in [0, 0.1) is 4.84 Å². The van der Waals surface area contributed by atoms with E-state index < -0.39 is 0 Å². The maximum Gasteiger partial charge on any atom is 0.284 e. The predicted molar refractivity (Wildman–Crippen MR) is 75.5 cm³/mol. The minimum atomic E-state index is -0.0338. The molecule has 0 aromatic carbocycles. The third-order valence-corrected chi connectivity index (χ3v) is 3.76. The number of H-pyrrole nitrogens is 1. The van der Waals surface area contributed by atoms with Crippen LogP contribution >= 0.6 is 23.6 Å². The Morgan fingerprint density at radius 2 is 2.11 bits per heavy atom. The van der Waals surface area contributed by atoms with Gasteiger partial charge in [0.25, 0.3) is 10.7 Å². The van der Waals surface area contributed by atoms with Crippen LogP contribution in [0.1, 0.15) is 44.8 Å². The number of aryl methyl sites for hydroxylation is 1. The van der Waals surface area contributed by atoms with E-state index in [1.165, 1.54) is 0 Å². The lowest BCUT2D eigenvalue weighted by Crippen LogP contribution is -2.13. The molecule has 0 aliphatic heterocycles. The highest BCUT2D eigenvalue weighted by Gasteiger charge is 2.26. The van der Waals surface area contributed by atoms with E-state index in [1.54, 1.807) is 11.3 Å². The molecule has 0 spiro atoms. The maximum absolute atomic E-state index is 5.42. The molecule has 2 heterocycles. The molecular formula is C12H17N3OS2. The quantitative estimate of drug-likeness (QED) is 0.861. The van der Waals surface area contributed by atoms with Gasteiger partial charge in [-0.05, 0) is 25.1 Å². The van der Waals surface area contributed by atoms with Gasteiger partial charge in [0.2, 0.25) is 0 Å². The van der Waals surface area contributed by atoms with Crippen molar-refractivity contribution in [3.05, 3.63) is 15.5 Å². The van der Waals surface area contributed by atoms with Gasteiger partial charge < -0.3 is 4.42 Å². The van der Waals surface area contributed by atoms with Gasteiger partial charge in [-0.2, -0.15) is 0 Å². The van der Waals surface area contributed by atoms with Crippen LogP contribution in [0.3, 0.4) is 0 Å². The highest BCUT2D eigenvalue weighted by atomic mass is 32.1. The molecule has 6 heteroatoms. The van der Waals surface area contributed by atoms with Gasteiger partial charge in [0.1, 0.15) is 4.88 Å². The lowest BCUT2D eigenvalue weighted by atomic mass is 9.91. The monoisotopic (exact) mass is 283 g/mol. The van der Waals surface area contributed by atoms with Crippen LogP contribution in [0.25, 0.3) is 10.8 Å². The van der Waals surface area contributed by atoms with Crippen LogP contribution in [0.2, 0.25) is 0 Å². The van der Waals surface area contributed by atoms with Gasteiger partial charge in [0, 0.05) is 5.41 Å². The molecule has 0 amide bonds. The van der Waals surface area contributed by atoms with Crippen molar-refractivity contribution >= 4 is 23.6 Å². The van der Waals surface area contributed by atoms with Crippen molar-refractivity contribution in [2.24, 2.45) is 0 Å². The molecule has 1 N–H and O–H groups in total. The van der Waals surface area contributed by atoms with Crippen molar-refractivity contribution in [1.82, 2.24) is 15.2 Å². The summed E-state index contributed by atoms with van der Waals surface area (Å²) < 4.78 is 5.42. The Morgan fingerprint density at radius 1 is 1.39 bits per heavy atom. The average molecular weight is 283 g/mol. The van der Waals surface area contributed by atoms with Crippen molar-refractivity contribution in [2.45, 2.75) is 46.0 Å². The number of aromatic nitrogens is 3. The van der Waals surface area contributed by atoms with Crippen LogP contribution in [0.15, 0.2) is 4.42 Å². The first-order valence-corrected chi connectivity index (χ1v) is 7.20. The van der Waals surface area contributed by atoms with Crippen molar-refractivity contribution < 1.29 is 4.42 Å². The largest absolute Gasteiger partial charge is 0.408 e. The molecule has 0 saturated heterocycles. The maximum atomic E-state index is 5.42. The average Bonchev–Trinajstić information content (AvgIpc) is 2.83. The van der Waals surface area contributed by atoms with Crippen LogP contribution in [-0.4, -0.2) is 15.2 Å². The molecule has 18 heavy (non-hydrogen) atoms. The predicted octanol–water partition coefficient (Wildman–Crippen LogP) is 4.11. The van der Waals surface area contributed by atoms with Crippen LogP contribution in [-0.2, 0) is 11.8 Å². The molecule has 2 aromatic heterocycles. The second-order valence-electron chi connectivity index (χ2n) is 5.20. The van der Waals surface area contributed by atoms with E-state index in [9.17, 15) is 0 Å². The van der Waals surface area contributed by atoms with E-state index in [1.807, 2.05) is 0 Å². The highest BCUT2D eigenvalue weighted by molar-refractivity contribution is 7.71. The molecule has 0 saturated carbocycles. The number of rotatable bonds is 3. The second kappa shape index (κ2) is 4.93. The van der Waals surface area contributed by atoms with Crippen LogP contribution in [0.4, 0.5) is 0 Å². The number of nitrogens with zero attached hydrogens (tertiary/aromatic N) is 2. The fourth-order valence-corrected chi connectivity index (χ4v) is 3.09. The van der Waals surface area contributed by atoms with Gasteiger partial charge >= 0.3 is 0 Å². The summed E-state index contributed by atoms with van der Waals surface area (Å²) in [5.41, 5.74) is 0.995. The van der Waals surface area contributed by atoms with E-state index >= 15 is 0 Å². The smallest absolute Gasteiger partial charge is 0.284 e. The van der Waals surface area contributed by atoms with Crippen LogP contribution in [0.5, 0.6) is 0 Å². The zero-order chi connectivity index (χ0) is 13.3. The lowest BCUT2D eigenvalue weighted by molar-refractivity contribution is 0.541. The summed E-state index contributed by atoms with van der Waals surface area (Å²) in [5, 5.41) is 7.90. The van der Waals surface area contributed by atoms with E-state index in [0.29, 0.717) is 10.7 Å². The van der Waals surface area contributed by atoms with Gasteiger partial charge in [0.05, 0.1) is 10.7 Å². The fourth-order valence-electron chi connectivity index (χ4n) is 1.67. The molecule has 4 nitrogen and oxygen atoms in total. The van der Waals surface area contributed by atoms with E-state index in [-0.39, 0.29) is 5.41 Å². The highest BCUT2D eigenvalue weighted by Crippen LogP contribution is 2.36. The minimum absolute atomic E-state index is 0.0338. The van der Waals surface area contributed by atoms with E-state index in [0.717, 1.165) is 28.4 Å². The zero-order valence-electron chi connectivity index (χ0n) is 11.0. The Bertz CT molecular complexity index is 589. The molecule has 0 aliphatic rings. The summed E-state index contributed by atoms with van der Waals surface area (Å²) in [6.45, 7) is 8.58. The molecule has 0 aliphatic carbocycles. The Kier molecular flexibility index (Phi) is 3.68. The number of hydrogen-bond acceptors (Lipinski definition) is 5. The number of nitrogens with one attached hydrogen (secondary N) is 1. The summed E-state index contributed by atoms with van der Waals surface area (Å²) in [5.74, 6) is 0.546.